The maximum Gasteiger partial charge on any atom is 0.254 e. The van der Waals surface area contributed by atoms with Gasteiger partial charge in [0.25, 0.3) is 5.91 Å². The predicted molar refractivity (Wildman–Crippen MR) is 213 cm³/mol. The molecule has 0 bridgehead atoms. The summed E-state index contributed by atoms with van der Waals surface area (Å²) in [6, 6.07) is 19.8. The Bertz CT molecular complexity index is 2140. The van der Waals surface area contributed by atoms with Crippen molar-refractivity contribution >= 4 is 28.5 Å². The Morgan fingerprint density at radius 1 is 0.982 bits per heavy atom. The average molecular weight is 747 g/mol. The first-order chi connectivity index (χ1) is 26.8. The number of fused-ring (bicyclic) bond motifs is 1. The number of primary amides is 1. The molecule has 12 heteroatoms. The number of nitrogens with zero attached hydrogens (tertiary/aromatic N) is 5. The van der Waals surface area contributed by atoms with Crippen LogP contribution in [0.1, 0.15) is 76.2 Å². The Labute approximate surface area is 322 Å². The highest BCUT2D eigenvalue weighted by Gasteiger charge is 2.26. The molecule has 2 amide bonds. The number of aryl methyl sites for hydroxylation is 2. The van der Waals surface area contributed by atoms with Crippen LogP contribution in [0.25, 0.3) is 22.2 Å². The first-order valence-corrected chi connectivity index (χ1v) is 19.5. The van der Waals surface area contributed by atoms with E-state index in [1.807, 2.05) is 36.0 Å². The fourth-order valence-electron chi connectivity index (χ4n) is 7.73. The molecule has 4 N–H and O–H groups in total. The van der Waals surface area contributed by atoms with Gasteiger partial charge in [-0.15, -0.1) is 0 Å². The second-order valence-corrected chi connectivity index (χ2v) is 14.5. The first kappa shape index (κ1) is 38.1. The Morgan fingerprint density at radius 2 is 1.80 bits per heavy atom. The van der Waals surface area contributed by atoms with Gasteiger partial charge in [0.2, 0.25) is 5.91 Å². The molecule has 0 spiro atoms. The van der Waals surface area contributed by atoms with Crippen molar-refractivity contribution in [3.05, 3.63) is 112 Å². The Hall–Kier alpha value is -5.17. The number of aromatic nitrogens is 3. The molecule has 2 aliphatic heterocycles. The van der Waals surface area contributed by atoms with E-state index in [2.05, 4.69) is 39.7 Å². The van der Waals surface area contributed by atoms with Gasteiger partial charge >= 0.3 is 0 Å². The standard InChI is InChI=1S/C43H51FN8O3/c1-3-39-37(40(48-34-14-20-55-21-15-34)36-25-47-52(4-2)42(36)49-39)28-51(43(54)33-11-6-10-32(24-33)41(45)53)27-30-12-13-38(44)35(23-30)31-9-5-8-29(22-31)26-50-18-7-16-46-17-19-50/h5-6,8-13,22-25,34,46H,3-4,7,14-21,26-28H2,1-2H3,(H2,45,53)(H,48,49). The summed E-state index contributed by atoms with van der Waals surface area (Å²) in [5.41, 5.74) is 12.8. The molecule has 11 nitrogen and oxygen atoms in total. The number of ether oxygens (including phenoxy) is 1. The quantitative estimate of drug-likeness (QED) is 0.131. The summed E-state index contributed by atoms with van der Waals surface area (Å²) < 4.78 is 23.3. The van der Waals surface area contributed by atoms with Crippen molar-refractivity contribution in [1.82, 2.24) is 29.9 Å². The molecule has 7 rings (SSSR count). The fraction of sp³-hybridized carbons (Fsp3) is 0.395. The molecule has 288 valence electrons. The molecule has 5 aromatic rings. The van der Waals surface area contributed by atoms with Crippen LogP contribution < -0.4 is 16.4 Å². The van der Waals surface area contributed by atoms with Crippen LogP contribution in [0.4, 0.5) is 10.1 Å². The van der Waals surface area contributed by atoms with Crippen LogP contribution in [-0.2, 0) is 37.3 Å². The summed E-state index contributed by atoms with van der Waals surface area (Å²) in [5, 5.41) is 12.8. The smallest absolute Gasteiger partial charge is 0.254 e. The number of amides is 2. The lowest BCUT2D eigenvalue weighted by Crippen LogP contribution is -2.33. The zero-order valence-electron chi connectivity index (χ0n) is 31.8. The van der Waals surface area contributed by atoms with E-state index in [4.69, 9.17) is 15.5 Å². The van der Waals surface area contributed by atoms with Crippen LogP contribution in [0.15, 0.2) is 72.9 Å². The molecule has 2 fully saturated rings. The molecule has 55 heavy (non-hydrogen) atoms. The second-order valence-electron chi connectivity index (χ2n) is 14.5. The van der Waals surface area contributed by atoms with E-state index in [9.17, 15) is 9.59 Å². The van der Waals surface area contributed by atoms with Gasteiger partial charge in [-0.05, 0) is 98.8 Å². The molecule has 0 unspecified atom stereocenters. The second kappa shape index (κ2) is 17.5. The number of nitrogens with two attached hydrogens (primary N) is 1. The Balaban J connectivity index is 1.27. The van der Waals surface area contributed by atoms with Crippen molar-refractivity contribution in [1.29, 1.82) is 0 Å². The van der Waals surface area contributed by atoms with Gasteiger partial charge in [-0.3, -0.25) is 14.5 Å². The highest BCUT2D eigenvalue weighted by molar-refractivity contribution is 5.99. The molecule has 0 aliphatic carbocycles. The summed E-state index contributed by atoms with van der Waals surface area (Å²) in [5.74, 6) is -1.23. The number of benzene rings is 3. The number of carbonyl (C=O) groups is 2. The molecule has 4 heterocycles. The third-order valence-electron chi connectivity index (χ3n) is 10.7. The van der Waals surface area contributed by atoms with Gasteiger partial charge in [-0.25, -0.2) is 14.1 Å². The van der Waals surface area contributed by atoms with E-state index >= 15 is 4.39 Å². The lowest BCUT2D eigenvalue weighted by molar-refractivity contribution is 0.0729. The number of rotatable bonds is 13. The molecule has 0 saturated carbocycles. The van der Waals surface area contributed by atoms with E-state index < -0.39 is 5.91 Å². The number of pyridine rings is 1. The molecule has 3 aromatic carbocycles. The number of hydrogen-bond donors (Lipinski definition) is 3. The van der Waals surface area contributed by atoms with E-state index in [1.165, 1.54) is 12.1 Å². The largest absolute Gasteiger partial charge is 0.381 e. The minimum atomic E-state index is -0.613. The lowest BCUT2D eigenvalue weighted by atomic mass is 9.99. The Morgan fingerprint density at radius 3 is 2.60 bits per heavy atom. The fourth-order valence-corrected chi connectivity index (χ4v) is 7.73. The van der Waals surface area contributed by atoms with Crippen LogP contribution >= 0.6 is 0 Å². The Kier molecular flexibility index (Phi) is 12.1. The maximum atomic E-state index is 15.7. The van der Waals surface area contributed by atoms with Crippen molar-refractivity contribution in [2.24, 2.45) is 5.73 Å². The van der Waals surface area contributed by atoms with Crippen molar-refractivity contribution < 1.29 is 18.7 Å². The van der Waals surface area contributed by atoms with Crippen LogP contribution in [-0.4, -0.2) is 81.8 Å². The molecular formula is C43H51FN8O3. The molecule has 2 aromatic heterocycles. The van der Waals surface area contributed by atoms with Crippen molar-refractivity contribution in [2.45, 2.75) is 71.8 Å². The van der Waals surface area contributed by atoms with Crippen LogP contribution in [0.5, 0.6) is 0 Å². The van der Waals surface area contributed by atoms with Gasteiger partial charge in [0.15, 0.2) is 5.65 Å². The number of anilines is 1. The van der Waals surface area contributed by atoms with Crippen LogP contribution in [0, 0.1) is 5.82 Å². The van der Waals surface area contributed by atoms with Gasteiger partial charge < -0.3 is 26.0 Å². The van der Waals surface area contributed by atoms with Crippen LogP contribution in [0.2, 0.25) is 0 Å². The van der Waals surface area contributed by atoms with Crippen molar-refractivity contribution in [2.75, 3.05) is 44.7 Å². The van der Waals surface area contributed by atoms with E-state index in [1.54, 1.807) is 29.2 Å². The highest BCUT2D eigenvalue weighted by Crippen LogP contribution is 2.34. The van der Waals surface area contributed by atoms with Gasteiger partial charge in [-0.1, -0.05) is 37.3 Å². The monoisotopic (exact) mass is 746 g/mol. The van der Waals surface area contributed by atoms with Gasteiger partial charge in [0, 0.05) is 79.9 Å². The lowest BCUT2D eigenvalue weighted by Gasteiger charge is -2.29. The van der Waals surface area contributed by atoms with E-state index in [0.717, 1.165) is 96.7 Å². The normalized spacial score (nSPS) is 15.5. The van der Waals surface area contributed by atoms with E-state index in [-0.39, 0.29) is 36.4 Å². The molecule has 0 radical (unpaired) electrons. The maximum absolute atomic E-state index is 15.7. The number of carbonyl (C=O) groups excluding carboxylic acids is 2. The van der Waals surface area contributed by atoms with E-state index in [0.29, 0.717) is 37.3 Å². The number of nitrogens with one attached hydrogen (secondary N) is 2. The number of hydrogen-bond acceptors (Lipinski definition) is 8. The minimum absolute atomic E-state index is 0.177. The highest BCUT2D eigenvalue weighted by atomic mass is 19.1. The average Bonchev–Trinajstić information content (AvgIpc) is 3.45. The summed E-state index contributed by atoms with van der Waals surface area (Å²) >= 11 is 0. The molecule has 2 aliphatic rings. The molecular weight excluding hydrogens is 696 g/mol. The SMILES string of the molecule is CCc1nc2c(cnn2CC)c(NC2CCOCC2)c1CN(Cc1ccc(F)c(-c2cccc(CN3CCCNCC3)c2)c1)C(=O)c1cccc(C(N)=O)c1. The van der Waals surface area contributed by atoms with Crippen molar-refractivity contribution in [3.63, 3.8) is 0 Å². The minimum Gasteiger partial charge on any atom is -0.381 e. The molecule has 2 saturated heterocycles. The van der Waals surface area contributed by atoms with Gasteiger partial charge in [-0.2, -0.15) is 5.10 Å². The summed E-state index contributed by atoms with van der Waals surface area (Å²) in [6.07, 6.45) is 5.28. The first-order valence-electron chi connectivity index (χ1n) is 19.5. The summed E-state index contributed by atoms with van der Waals surface area (Å²) in [7, 11) is 0. The zero-order valence-corrected chi connectivity index (χ0v) is 31.8. The van der Waals surface area contributed by atoms with Gasteiger partial charge in [0.05, 0.1) is 23.8 Å². The number of halogens is 1. The topological polar surface area (TPSA) is 131 Å². The summed E-state index contributed by atoms with van der Waals surface area (Å²) in [6.45, 7) is 11.3. The molecule has 0 atom stereocenters. The van der Waals surface area contributed by atoms with Crippen LogP contribution in [0.3, 0.4) is 0 Å². The third kappa shape index (κ3) is 8.88. The van der Waals surface area contributed by atoms with Gasteiger partial charge in [0.1, 0.15) is 5.82 Å². The third-order valence-corrected chi connectivity index (χ3v) is 10.7. The summed E-state index contributed by atoms with van der Waals surface area (Å²) in [4.78, 5) is 36.1. The predicted octanol–water partition coefficient (Wildman–Crippen LogP) is 6.15. The van der Waals surface area contributed by atoms with Crippen molar-refractivity contribution in [3.8, 4) is 11.1 Å². The zero-order chi connectivity index (χ0) is 38.3.